The van der Waals surface area contributed by atoms with Crippen molar-refractivity contribution in [2.45, 2.75) is 13.3 Å². The maximum atomic E-state index is 5.69. The van der Waals surface area contributed by atoms with E-state index in [1.807, 2.05) is 6.07 Å². The minimum absolute atomic E-state index is 0.610. The lowest BCUT2D eigenvalue weighted by Crippen LogP contribution is -1.93. The first-order valence-corrected chi connectivity index (χ1v) is 5.96. The molecular weight excluding hydrogens is 224 g/mol. The second-order valence-corrected chi connectivity index (χ2v) is 4.27. The Labute approximate surface area is 105 Å². The van der Waals surface area contributed by atoms with Crippen LogP contribution in [0.2, 0.25) is 0 Å². The number of aromatic nitrogens is 3. The molecule has 2 N–H and O–H groups in total. The first kappa shape index (κ1) is 10.8. The Morgan fingerprint density at radius 3 is 2.72 bits per heavy atom. The number of nitrogens with zero attached hydrogens (tertiary/aromatic N) is 3. The molecule has 0 saturated heterocycles. The normalized spacial score (nSPS) is 10.9. The number of aryl methyl sites for hydroxylation is 1. The summed E-state index contributed by atoms with van der Waals surface area (Å²) in [7, 11) is 0. The molecule has 2 aromatic heterocycles. The van der Waals surface area contributed by atoms with Crippen LogP contribution >= 0.6 is 0 Å². The van der Waals surface area contributed by atoms with Gasteiger partial charge in [-0.2, -0.15) is 5.10 Å². The van der Waals surface area contributed by atoms with Crippen molar-refractivity contribution >= 4 is 11.3 Å². The summed E-state index contributed by atoms with van der Waals surface area (Å²) in [5.74, 6) is 0. The first-order chi connectivity index (χ1) is 8.76. The van der Waals surface area contributed by atoms with Crippen molar-refractivity contribution in [3.63, 3.8) is 0 Å². The highest BCUT2D eigenvalue weighted by Crippen LogP contribution is 2.20. The van der Waals surface area contributed by atoms with E-state index in [-0.39, 0.29) is 0 Å². The maximum Gasteiger partial charge on any atom is 0.155 e. The number of nitrogens with two attached hydrogens (primary N) is 1. The van der Waals surface area contributed by atoms with Crippen molar-refractivity contribution in [1.82, 2.24) is 14.6 Å². The van der Waals surface area contributed by atoms with Gasteiger partial charge in [0, 0.05) is 11.6 Å². The zero-order valence-corrected chi connectivity index (χ0v) is 10.2. The van der Waals surface area contributed by atoms with Gasteiger partial charge in [0.15, 0.2) is 5.65 Å². The van der Waals surface area contributed by atoms with E-state index in [0.717, 1.165) is 23.3 Å². The summed E-state index contributed by atoms with van der Waals surface area (Å²) >= 11 is 0. The van der Waals surface area contributed by atoms with Gasteiger partial charge >= 0.3 is 0 Å². The predicted octanol–water partition coefficient (Wildman–Crippen LogP) is 2.54. The molecule has 0 fully saturated rings. The highest BCUT2D eigenvalue weighted by atomic mass is 15.2. The Morgan fingerprint density at radius 1 is 1.22 bits per heavy atom. The Kier molecular flexibility index (Phi) is 2.48. The smallest absolute Gasteiger partial charge is 0.155 e. The summed E-state index contributed by atoms with van der Waals surface area (Å²) in [4.78, 5) is 4.24. The summed E-state index contributed by atoms with van der Waals surface area (Å²) in [5.41, 5.74) is 10.4. The summed E-state index contributed by atoms with van der Waals surface area (Å²) < 4.78 is 1.71. The Morgan fingerprint density at radius 2 is 2.00 bits per heavy atom. The number of nitrogen functional groups attached to an aromatic ring is 1. The van der Waals surface area contributed by atoms with Gasteiger partial charge in [0.05, 0.1) is 23.8 Å². The second kappa shape index (κ2) is 4.14. The molecule has 0 amide bonds. The molecule has 0 aliphatic heterocycles. The lowest BCUT2D eigenvalue weighted by atomic mass is 10.1. The summed E-state index contributed by atoms with van der Waals surface area (Å²) in [6.45, 7) is 2.15. The molecule has 0 bridgehead atoms. The molecule has 18 heavy (non-hydrogen) atoms. The van der Waals surface area contributed by atoms with Crippen LogP contribution in [0.5, 0.6) is 0 Å². The summed E-state index contributed by atoms with van der Waals surface area (Å²) in [6.07, 6.45) is 4.46. The van der Waals surface area contributed by atoms with Crippen molar-refractivity contribution in [2.24, 2.45) is 0 Å². The van der Waals surface area contributed by atoms with Crippen LogP contribution in [0.25, 0.3) is 16.9 Å². The topological polar surface area (TPSA) is 56.2 Å². The van der Waals surface area contributed by atoms with E-state index in [0.29, 0.717) is 5.69 Å². The molecule has 2 heterocycles. The van der Waals surface area contributed by atoms with Crippen LogP contribution in [0.4, 0.5) is 5.69 Å². The Bertz CT molecular complexity index is 683. The molecule has 90 valence electrons. The van der Waals surface area contributed by atoms with Gasteiger partial charge in [-0.25, -0.2) is 9.50 Å². The van der Waals surface area contributed by atoms with Crippen LogP contribution in [0.15, 0.2) is 42.7 Å². The average Bonchev–Trinajstić information content (AvgIpc) is 2.81. The van der Waals surface area contributed by atoms with E-state index in [2.05, 4.69) is 41.3 Å². The fourth-order valence-electron chi connectivity index (χ4n) is 1.94. The van der Waals surface area contributed by atoms with Gasteiger partial charge in [-0.1, -0.05) is 31.2 Å². The summed E-state index contributed by atoms with van der Waals surface area (Å²) in [6, 6.07) is 10.4. The van der Waals surface area contributed by atoms with E-state index >= 15 is 0 Å². The molecule has 0 saturated carbocycles. The molecular formula is C14H14N4. The molecule has 0 unspecified atom stereocenters. The third kappa shape index (κ3) is 1.82. The van der Waals surface area contributed by atoms with Crippen molar-refractivity contribution < 1.29 is 0 Å². The molecule has 4 heteroatoms. The molecule has 0 aliphatic carbocycles. The van der Waals surface area contributed by atoms with Gasteiger partial charge in [-0.3, -0.25) is 0 Å². The van der Waals surface area contributed by atoms with Crippen molar-refractivity contribution in [1.29, 1.82) is 0 Å². The SMILES string of the molecule is CCc1ccc(-c2cc3ncc(N)cn3n2)cc1. The lowest BCUT2D eigenvalue weighted by Gasteiger charge is -1.98. The molecule has 0 spiro atoms. The molecule has 0 aliphatic rings. The van der Waals surface area contributed by atoms with E-state index in [1.165, 1.54) is 5.56 Å². The second-order valence-electron chi connectivity index (χ2n) is 4.27. The van der Waals surface area contributed by atoms with Gasteiger partial charge in [0.25, 0.3) is 0 Å². The highest BCUT2D eigenvalue weighted by molar-refractivity contribution is 5.64. The monoisotopic (exact) mass is 238 g/mol. The third-order valence-electron chi connectivity index (χ3n) is 2.99. The fraction of sp³-hybridized carbons (Fsp3) is 0.143. The summed E-state index contributed by atoms with van der Waals surface area (Å²) in [5, 5.41) is 4.47. The van der Waals surface area contributed by atoms with Gasteiger partial charge in [-0.15, -0.1) is 0 Å². The largest absolute Gasteiger partial charge is 0.396 e. The number of fused-ring (bicyclic) bond motifs is 1. The Balaban J connectivity index is 2.07. The standard InChI is InChI=1S/C14H14N4/c1-2-10-3-5-11(6-4-10)13-7-14-16-8-12(15)9-18(14)17-13/h3-9H,2,15H2,1H3. The van der Waals surface area contributed by atoms with E-state index < -0.39 is 0 Å². The number of hydrogen-bond donors (Lipinski definition) is 1. The highest BCUT2D eigenvalue weighted by Gasteiger charge is 2.05. The fourth-order valence-corrected chi connectivity index (χ4v) is 1.94. The van der Waals surface area contributed by atoms with Crippen LogP contribution in [-0.2, 0) is 6.42 Å². The lowest BCUT2D eigenvalue weighted by molar-refractivity contribution is 0.946. The molecule has 3 aromatic rings. The van der Waals surface area contributed by atoms with Crippen LogP contribution in [0.1, 0.15) is 12.5 Å². The van der Waals surface area contributed by atoms with Crippen molar-refractivity contribution in [2.75, 3.05) is 5.73 Å². The van der Waals surface area contributed by atoms with Crippen LogP contribution in [0, 0.1) is 0 Å². The average molecular weight is 238 g/mol. The number of hydrogen-bond acceptors (Lipinski definition) is 3. The van der Waals surface area contributed by atoms with Gasteiger partial charge < -0.3 is 5.73 Å². The molecule has 0 radical (unpaired) electrons. The predicted molar refractivity (Wildman–Crippen MR) is 72.2 cm³/mol. The number of anilines is 1. The van der Waals surface area contributed by atoms with E-state index in [4.69, 9.17) is 5.73 Å². The first-order valence-electron chi connectivity index (χ1n) is 5.96. The number of rotatable bonds is 2. The van der Waals surface area contributed by atoms with E-state index in [9.17, 15) is 0 Å². The quantitative estimate of drug-likeness (QED) is 0.746. The molecule has 0 atom stereocenters. The number of benzene rings is 1. The van der Waals surface area contributed by atoms with Gasteiger partial charge in [-0.05, 0) is 12.0 Å². The molecule has 3 rings (SSSR count). The van der Waals surface area contributed by atoms with Gasteiger partial charge in [0.2, 0.25) is 0 Å². The van der Waals surface area contributed by atoms with Crippen LogP contribution in [-0.4, -0.2) is 14.6 Å². The van der Waals surface area contributed by atoms with Crippen molar-refractivity contribution in [3.8, 4) is 11.3 Å². The van der Waals surface area contributed by atoms with E-state index in [1.54, 1.807) is 16.9 Å². The minimum Gasteiger partial charge on any atom is -0.396 e. The van der Waals surface area contributed by atoms with Crippen LogP contribution < -0.4 is 5.73 Å². The zero-order valence-electron chi connectivity index (χ0n) is 10.2. The molecule has 1 aromatic carbocycles. The van der Waals surface area contributed by atoms with Gasteiger partial charge in [0.1, 0.15) is 0 Å². The minimum atomic E-state index is 0.610. The molecule has 4 nitrogen and oxygen atoms in total. The van der Waals surface area contributed by atoms with Crippen molar-refractivity contribution in [3.05, 3.63) is 48.3 Å². The zero-order chi connectivity index (χ0) is 12.5. The van der Waals surface area contributed by atoms with Crippen LogP contribution in [0.3, 0.4) is 0 Å². The maximum absolute atomic E-state index is 5.69. The Hall–Kier alpha value is -2.36. The third-order valence-corrected chi connectivity index (χ3v) is 2.99.